The molecule has 11 heteroatoms. The zero-order valence-corrected chi connectivity index (χ0v) is 27.6. The number of rotatable bonds is 13. The summed E-state index contributed by atoms with van der Waals surface area (Å²) in [5.74, 6) is -2.83. The SMILES string of the molecule is CCc1ccc(C(C(=O)NC(Cc2ccccc2)C(=O)OC(C)(C)C)N(CC)C(=O)C(CC(N)=O)NC(=O)OC(C)(C)C)cc1. The molecule has 0 aliphatic heterocycles. The number of hydrogen-bond acceptors (Lipinski definition) is 7. The van der Waals surface area contributed by atoms with Crippen LogP contribution in [0, 0.1) is 0 Å². The second kappa shape index (κ2) is 16.1. The van der Waals surface area contributed by atoms with Gasteiger partial charge in [0, 0.05) is 13.0 Å². The Morgan fingerprint density at radius 3 is 1.84 bits per heavy atom. The lowest BCUT2D eigenvalue weighted by molar-refractivity contribution is -0.159. The van der Waals surface area contributed by atoms with Crippen molar-refractivity contribution in [1.29, 1.82) is 0 Å². The summed E-state index contributed by atoms with van der Waals surface area (Å²) in [4.78, 5) is 67.4. The molecule has 2 rings (SSSR count). The Morgan fingerprint density at radius 1 is 0.778 bits per heavy atom. The number of nitrogens with one attached hydrogen (secondary N) is 2. The lowest BCUT2D eigenvalue weighted by Crippen LogP contribution is -2.55. The standard InChI is InChI=1S/C34H48N4O7/c1-9-22-16-18-24(19-17-22)28(38(10-2)30(41)25(21-27(35)39)37-32(43)45-34(6,7)8)29(40)36-26(31(42)44-33(3,4)5)20-23-14-12-11-13-15-23/h11-19,25-26,28H,9-10,20-21H2,1-8H3,(H2,35,39)(H,36,40)(H,37,43). The number of carbonyl (C=O) groups is 5. The highest BCUT2D eigenvalue weighted by Crippen LogP contribution is 2.25. The van der Waals surface area contributed by atoms with E-state index in [0.717, 1.165) is 17.5 Å². The Balaban J connectivity index is 2.55. The summed E-state index contributed by atoms with van der Waals surface area (Å²) in [7, 11) is 0. The number of nitrogens with zero attached hydrogens (tertiary/aromatic N) is 1. The van der Waals surface area contributed by atoms with E-state index in [9.17, 15) is 24.0 Å². The van der Waals surface area contributed by atoms with E-state index in [1.165, 1.54) is 4.90 Å². The summed E-state index contributed by atoms with van der Waals surface area (Å²) in [5.41, 5.74) is 6.05. The molecule has 3 unspecified atom stereocenters. The van der Waals surface area contributed by atoms with E-state index in [0.29, 0.717) is 5.56 Å². The molecule has 4 amide bonds. The van der Waals surface area contributed by atoms with Crippen LogP contribution in [0.2, 0.25) is 0 Å². The van der Waals surface area contributed by atoms with Gasteiger partial charge in [-0.2, -0.15) is 0 Å². The fourth-order valence-corrected chi connectivity index (χ4v) is 4.59. The van der Waals surface area contributed by atoms with Gasteiger partial charge in [0.15, 0.2) is 0 Å². The van der Waals surface area contributed by atoms with Crippen molar-refractivity contribution < 1.29 is 33.4 Å². The molecule has 0 bridgehead atoms. The predicted octanol–water partition coefficient (Wildman–Crippen LogP) is 3.98. The molecule has 3 atom stereocenters. The van der Waals surface area contributed by atoms with Gasteiger partial charge in [-0.1, -0.05) is 61.5 Å². The van der Waals surface area contributed by atoms with E-state index in [2.05, 4.69) is 10.6 Å². The normalized spacial score (nSPS) is 13.5. The number of carbonyl (C=O) groups excluding carboxylic acids is 5. The summed E-state index contributed by atoms with van der Waals surface area (Å²) >= 11 is 0. The minimum Gasteiger partial charge on any atom is -0.458 e. The number of ether oxygens (including phenoxy) is 2. The summed E-state index contributed by atoms with van der Waals surface area (Å²) in [6, 6.07) is 12.6. The Labute approximate surface area is 266 Å². The number of likely N-dealkylation sites (N-methyl/N-ethyl adjacent to an activating group) is 1. The second-order valence-electron chi connectivity index (χ2n) is 12.8. The van der Waals surface area contributed by atoms with Gasteiger partial charge < -0.3 is 30.7 Å². The Bertz CT molecular complexity index is 1310. The first-order valence-corrected chi connectivity index (χ1v) is 15.2. The Hall–Kier alpha value is -4.41. The molecule has 246 valence electrons. The topological polar surface area (TPSA) is 157 Å². The van der Waals surface area contributed by atoms with Crippen LogP contribution in [0.1, 0.15) is 84.5 Å². The van der Waals surface area contributed by atoms with Gasteiger partial charge in [-0.15, -0.1) is 0 Å². The fraction of sp³-hybridized carbons (Fsp3) is 0.500. The highest BCUT2D eigenvalue weighted by molar-refractivity contribution is 5.95. The number of nitrogens with two attached hydrogens (primary N) is 1. The lowest BCUT2D eigenvalue weighted by Gasteiger charge is -2.34. The molecule has 0 saturated heterocycles. The van der Waals surface area contributed by atoms with Gasteiger partial charge in [0.2, 0.25) is 17.7 Å². The van der Waals surface area contributed by atoms with Crippen molar-refractivity contribution in [3.63, 3.8) is 0 Å². The van der Waals surface area contributed by atoms with Crippen molar-refractivity contribution in [1.82, 2.24) is 15.5 Å². The molecule has 0 saturated carbocycles. The van der Waals surface area contributed by atoms with Crippen LogP contribution in [-0.2, 0) is 41.5 Å². The molecular weight excluding hydrogens is 576 g/mol. The largest absolute Gasteiger partial charge is 0.458 e. The quantitative estimate of drug-likeness (QED) is 0.285. The predicted molar refractivity (Wildman–Crippen MR) is 171 cm³/mol. The number of aryl methyl sites for hydroxylation is 1. The monoisotopic (exact) mass is 624 g/mol. The highest BCUT2D eigenvalue weighted by Gasteiger charge is 2.38. The van der Waals surface area contributed by atoms with Crippen LogP contribution in [0.3, 0.4) is 0 Å². The molecule has 0 aliphatic rings. The van der Waals surface area contributed by atoms with E-state index in [1.54, 1.807) is 60.6 Å². The van der Waals surface area contributed by atoms with Crippen molar-refractivity contribution in [2.75, 3.05) is 6.54 Å². The average molecular weight is 625 g/mol. The molecule has 0 radical (unpaired) electrons. The number of hydrogen-bond donors (Lipinski definition) is 3. The maximum Gasteiger partial charge on any atom is 0.408 e. The molecule has 2 aromatic rings. The van der Waals surface area contributed by atoms with Crippen LogP contribution in [-0.4, -0.2) is 64.5 Å². The van der Waals surface area contributed by atoms with Gasteiger partial charge >= 0.3 is 12.1 Å². The maximum absolute atomic E-state index is 14.2. The van der Waals surface area contributed by atoms with Gasteiger partial charge in [0.1, 0.15) is 29.3 Å². The Morgan fingerprint density at radius 2 is 1.36 bits per heavy atom. The molecule has 0 fully saturated rings. The van der Waals surface area contributed by atoms with E-state index >= 15 is 0 Å². The zero-order chi connectivity index (χ0) is 33.9. The molecule has 0 heterocycles. The first kappa shape index (κ1) is 36.8. The van der Waals surface area contributed by atoms with Gasteiger partial charge in [-0.25, -0.2) is 9.59 Å². The molecular formula is C34H48N4O7. The van der Waals surface area contributed by atoms with Gasteiger partial charge in [0.05, 0.1) is 6.42 Å². The Kier molecular flexibility index (Phi) is 13.1. The van der Waals surface area contributed by atoms with Crippen LogP contribution >= 0.6 is 0 Å². The first-order valence-electron chi connectivity index (χ1n) is 15.2. The van der Waals surface area contributed by atoms with Crippen LogP contribution < -0.4 is 16.4 Å². The molecule has 0 aromatic heterocycles. The summed E-state index contributed by atoms with van der Waals surface area (Å²) < 4.78 is 10.9. The number of primary amides is 1. The lowest BCUT2D eigenvalue weighted by atomic mass is 9.99. The highest BCUT2D eigenvalue weighted by atomic mass is 16.6. The summed E-state index contributed by atoms with van der Waals surface area (Å²) in [6.07, 6.45) is -0.537. The second-order valence-corrected chi connectivity index (χ2v) is 12.8. The van der Waals surface area contributed by atoms with Crippen LogP contribution in [0.5, 0.6) is 0 Å². The number of alkyl carbamates (subject to hydrolysis) is 1. The van der Waals surface area contributed by atoms with E-state index in [1.807, 2.05) is 49.4 Å². The van der Waals surface area contributed by atoms with Crippen molar-refractivity contribution in [3.05, 3.63) is 71.3 Å². The zero-order valence-electron chi connectivity index (χ0n) is 27.6. The third kappa shape index (κ3) is 12.2. The molecule has 2 aromatic carbocycles. The minimum absolute atomic E-state index is 0.0213. The van der Waals surface area contributed by atoms with Gasteiger partial charge in [-0.05, 0) is 71.6 Å². The minimum atomic E-state index is -1.41. The van der Waals surface area contributed by atoms with Crippen LogP contribution in [0.4, 0.5) is 4.79 Å². The van der Waals surface area contributed by atoms with Crippen LogP contribution in [0.25, 0.3) is 0 Å². The molecule has 0 aliphatic carbocycles. The van der Waals surface area contributed by atoms with E-state index in [-0.39, 0.29) is 13.0 Å². The van der Waals surface area contributed by atoms with E-state index in [4.69, 9.17) is 15.2 Å². The third-order valence-electron chi connectivity index (χ3n) is 6.57. The first-order chi connectivity index (χ1) is 20.9. The van der Waals surface area contributed by atoms with Crippen molar-refractivity contribution in [2.45, 2.75) is 104 Å². The van der Waals surface area contributed by atoms with Crippen molar-refractivity contribution in [3.8, 4) is 0 Å². The van der Waals surface area contributed by atoms with Crippen molar-refractivity contribution in [2.24, 2.45) is 5.73 Å². The summed E-state index contributed by atoms with van der Waals surface area (Å²) in [6.45, 7) is 13.9. The third-order valence-corrected chi connectivity index (χ3v) is 6.57. The number of benzene rings is 2. The van der Waals surface area contributed by atoms with E-state index < -0.39 is 65.5 Å². The molecule has 11 nitrogen and oxygen atoms in total. The molecule has 0 spiro atoms. The van der Waals surface area contributed by atoms with Crippen LogP contribution in [0.15, 0.2) is 54.6 Å². The maximum atomic E-state index is 14.2. The van der Waals surface area contributed by atoms with Crippen molar-refractivity contribution >= 4 is 29.8 Å². The van der Waals surface area contributed by atoms with Gasteiger partial charge in [0.25, 0.3) is 0 Å². The summed E-state index contributed by atoms with van der Waals surface area (Å²) in [5, 5.41) is 5.27. The fourth-order valence-electron chi connectivity index (χ4n) is 4.59. The smallest absolute Gasteiger partial charge is 0.408 e. The number of esters is 1. The number of amides is 4. The average Bonchev–Trinajstić information content (AvgIpc) is 2.93. The molecule has 4 N–H and O–H groups in total. The molecule has 45 heavy (non-hydrogen) atoms. The van der Waals surface area contributed by atoms with Gasteiger partial charge in [-0.3, -0.25) is 14.4 Å².